The highest BCUT2D eigenvalue weighted by molar-refractivity contribution is 6.21. The first-order chi connectivity index (χ1) is 18.3. The van der Waals surface area contributed by atoms with Crippen LogP contribution in [0.5, 0.6) is 0 Å². The van der Waals surface area contributed by atoms with E-state index in [-0.39, 0.29) is 30.6 Å². The fourth-order valence-electron chi connectivity index (χ4n) is 5.37. The number of aryl methyl sites for hydroxylation is 4. The van der Waals surface area contributed by atoms with Gasteiger partial charge in [-0.2, -0.15) is 0 Å². The van der Waals surface area contributed by atoms with Gasteiger partial charge in [0.05, 0.1) is 22.5 Å². The third kappa shape index (κ3) is 3.82. The minimum atomic E-state index is -0.332. The SMILES string of the molecule is Cc1cc2c(cc1C)-c1c/c(=N\c3ccccc3C)n(CCN3C(=O)c4ccccc4C3=O)c(=O)n1CC2. The summed E-state index contributed by atoms with van der Waals surface area (Å²) in [4.78, 5) is 46.0. The molecule has 7 nitrogen and oxygen atoms in total. The molecular weight excluding hydrogens is 476 g/mol. The molecule has 3 aromatic carbocycles. The molecular formula is C31H28N4O3. The first-order valence-electron chi connectivity index (χ1n) is 12.8. The molecule has 0 bridgehead atoms. The van der Waals surface area contributed by atoms with Gasteiger partial charge in [0.2, 0.25) is 0 Å². The maximum atomic E-state index is 13.9. The van der Waals surface area contributed by atoms with E-state index in [2.05, 4.69) is 26.0 Å². The van der Waals surface area contributed by atoms with E-state index in [1.54, 1.807) is 33.4 Å². The van der Waals surface area contributed by atoms with Gasteiger partial charge >= 0.3 is 5.69 Å². The fraction of sp³-hybridized carbons (Fsp3) is 0.226. The molecule has 0 aliphatic carbocycles. The van der Waals surface area contributed by atoms with Gasteiger partial charge in [0.15, 0.2) is 0 Å². The minimum Gasteiger partial charge on any atom is -0.293 e. The normalized spacial score (nSPS) is 14.5. The molecule has 0 unspecified atom stereocenters. The Labute approximate surface area is 220 Å². The zero-order chi connectivity index (χ0) is 26.6. The van der Waals surface area contributed by atoms with E-state index in [9.17, 15) is 14.4 Å². The third-order valence-electron chi connectivity index (χ3n) is 7.67. The van der Waals surface area contributed by atoms with Crippen molar-refractivity contribution in [3.8, 4) is 11.3 Å². The zero-order valence-corrected chi connectivity index (χ0v) is 21.7. The molecule has 2 amide bonds. The molecule has 0 N–H and O–H groups in total. The summed E-state index contributed by atoms with van der Waals surface area (Å²) in [6, 6.07) is 20.9. The van der Waals surface area contributed by atoms with E-state index >= 15 is 0 Å². The minimum absolute atomic E-state index is 0.0801. The Bertz CT molecular complexity index is 1740. The van der Waals surface area contributed by atoms with E-state index < -0.39 is 0 Å². The maximum absolute atomic E-state index is 13.9. The number of imide groups is 1. The van der Waals surface area contributed by atoms with Crippen LogP contribution in [0.15, 0.2) is 76.5 Å². The van der Waals surface area contributed by atoms with Crippen LogP contribution < -0.4 is 11.2 Å². The summed E-state index contributed by atoms with van der Waals surface area (Å²) in [7, 11) is 0. The Balaban J connectivity index is 1.48. The van der Waals surface area contributed by atoms with E-state index in [1.807, 2.05) is 37.3 Å². The number of nitrogens with zero attached hydrogens (tertiary/aromatic N) is 4. The molecule has 0 atom stereocenters. The van der Waals surface area contributed by atoms with E-state index in [1.165, 1.54) is 21.6 Å². The van der Waals surface area contributed by atoms with Crippen molar-refractivity contribution < 1.29 is 9.59 Å². The predicted molar refractivity (Wildman–Crippen MR) is 146 cm³/mol. The Morgan fingerprint density at radius 2 is 1.39 bits per heavy atom. The van der Waals surface area contributed by atoms with Gasteiger partial charge in [0.1, 0.15) is 5.49 Å². The predicted octanol–water partition coefficient (Wildman–Crippen LogP) is 4.33. The smallest absolute Gasteiger partial charge is 0.293 e. The van der Waals surface area contributed by atoms with Crippen LogP contribution in [-0.2, 0) is 19.5 Å². The van der Waals surface area contributed by atoms with Crippen molar-refractivity contribution >= 4 is 17.5 Å². The van der Waals surface area contributed by atoms with Crippen LogP contribution in [0.25, 0.3) is 11.3 Å². The van der Waals surface area contributed by atoms with Gasteiger partial charge in [0, 0.05) is 31.3 Å². The highest BCUT2D eigenvalue weighted by Gasteiger charge is 2.35. The molecule has 6 rings (SSSR count). The van der Waals surface area contributed by atoms with Crippen molar-refractivity contribution in [1.29, 1.82) is 0 Å². The second-order valence-electron chi connectivity index (χ2n) is 10.0. The molecule has 0 saturated carbocycles. The van der Waals surface area contributed by atoms with E-state index in [4.69, 9.17) is 4.99 Å². The fourth-order valence-corrected chi connectivity index (χ4v) is 5.37. The van der Waals surface area contributed by atoms with Crippen molar-refractivity contribution in [2.75, 3.05) is 6.54 Å². The monoisotopic (exact) mass is 504 g/mol. The zero-order valence-electron chi connectivity index (χ0n) is 21.7. The Morgan fingerprint density at radius 1 is 0.737 bits per heavy atom. The Kier molecular flexibility index (Phi) is 5.71. The highest BCUT2D eigenvalue weighted by Crippen LogP contribution is 2.30. The van der Waals surface area contributed by atoms with Gasteiger partial charge < -0.3 is 0 Å². The molecule has 7 heteroatoms. The number of para-hydroxylation sites is 1. The first kappa shape index (κ1) is 23.9. The molecule has 0 radical (unpaired) electrons. The number of amides is 2. The summed E-state index contributed by atoms with van der Waals surface area (Å²) >= 11 is 0. The van der Waals surface area contributed by atoms with Gasteiger partial charge in [-0.05, 0) is 73.7 Å². The van der Waals surface area contributed by atoms with Crippen LogP contribution in [0.2, 0.25) is 0 Å². The van der Waals surface area contributed by atoms with Gasteiger partial charge in [-0.3, -0.25) is 23.6 Å². The van der Waals surface area contributed by atoms with E-state index in [0.717, 1.165) is 28.9 Å². The number of aromatic nitrogens is 2. The summed E-state index contributed by atoms with van der Waals surface area (Å²) in [5.74, 6) is -0.664. The quantitative estimate of drug-likeness (QED) is 0.388. The van der Waals surface area contributed by atoms with Crippen molar-refractivity contribution in [2.45, 2.75) is 40.3 Å². The van der Waals surface area contributed by atoms with Gasteiger partial charge in [0.25, 0.3) is 11.8 Å². The second-order valence-corrected chi connectivity index (χ2v) is 10.0. The molecule has 2 aliphatic rings. The number of benzene rings is 3. The molecule has 2 aliphatic heterocycles. The summed E-state index contributed by atoms with van der Waals surface area (Å²) in [6.45, 7) is 6.95. The maximum Gasteiger partial charge on any atom is 0.330 e. The number of carbonyl (C=O) groups excluding carboxylic acids is 2. The van der Waals surface area contributed by atoms with Gasteiger partial charge in [-0.1, -0.05) is 36.4 Å². The Morgan fingerprint density at radius 3 is 2.11 bits per heavy atom. The van der Waals surface area contributed by atoms with Crippen LogP contribution in [0, 0.1) is 20.8 Å². The van der Waals surface area contributed by atoms with Crippen LogP contribution in [0.3, 0.4) is 0 Å². The van der Waals surface area contributed by atoms with Crippen molar-refractivity contribution in [3.05, 3.63) is 116 Å². The topological polar surface area (TPSA) is 76.7 Å². The average molecular weight is 505 g/mol. The van der Waals surface area contributed by atoms with Crippen molar-refractivity contribution in [3.63, 3.8) is 0 Å². The lowest BCUT2D eigenvalue weighted by Crippen LogP contribution is -2.45. The number of hydrogen-bond acceptors (Lipinski definition) is 4. The van der Waals surface area contributed by atoms with Crippen LogP contribution in [-0.4, -0.2) is 32.4 Å². The number of carbonyl (C=O) groups is 2. The molecule has 0 saturated heterocycles. The summed E-state index contributed by atoms with van der Waals surface area (Å²) < 4.78 is 3.38. The molecule has 0 spiro atoms. The summed E-state index contributed by atoms with van der Waals surface area (Å²) in [6.07, 6.45) is 0.760. The van der Waals surface area contributed by atoms with Crippen LogP contribution in [0.4, 0.5) is 5.69 Å². The van der Waals surface area contributed by atoms with Gasteiger partial charge in [-0.15, -0.1) is 0 Å². The molecule has 190 valence electrons. The molecule has 38 heavy (non-hydrogen) atoms. The largest absolute Gasteiger partial charge is 0.330 e. The summed E-state index contributed by atoms with van der Waals surface area (Å²) in [5, 5.41) is 0. The lowest BCUT2D eigenvalue weighted by molar-refractivity contribution is 0.0647. The standard InChI is InChI=1S/C31H28N4O3/c1-19-8-4-7-11-26(19)32-28-18-27-25-17-21(3)20(2)16-22(25)12-13-33(27)31(38)34(28)14-15-35-29(36)23-9-5-6-10-24(23)30(35)37/h4-11,16-18H,12-15H2,1-3H3/b32-28+. The summed E-state index contributed by atoms with van der Waals surface area (Å²) in [5.41, 5.74) is 8.36. The highest BCUT2D eigenvalue weighted by atomic mass is 16.2. The third-order valence-corrected chi connectivity index (χ3v) is 7.67. The molecule has 4 aromatic rings. The lowest BCUT2D eigenvalue weighted by atomic mass is 9.93. The van der Waals surface area contributed by atoms with Crippen LogP contribution >= 0.6 is 0 Å². The molecule has 1 aromatic heterocycles. The lowest BCUT2D eigenvalue weighted by Gasteiger charge is -2.25. The number of hydrogen-bond donors (Lipinski definition) is 0. The second kappa shape index (κ2) is 9.10. The molecule has 3 heterocycles. The Hall–Kier alpha value is -4.52. The van der Waals surface area contributed by atoms with E-state index in [0.29, 0.717) is 23.2 Å². The van der Waals surface area contributed by atoms with Crippen LogP contribution in [0.1, 0.15) is 43.0 Å². The average Bonchev–Trinajstić information content (AvgIpc) is 3.15. The van der Waals surface area contributed by atoms with Crippen molar-refractivity contribution in [2.24, 2.45) is 4.99 Å². The van der Waals surface area contributed by atoms with Gasteiger partial charge in [-0.25, -0.2) is 9.79 Å². The first-order valence-corrected chi connectivity index (χ1v) is 12.8. The number of rotatable bonds is 4. The van der Waals surface area contributed by atoms with Crippen molar-refractivity contribution in [1.82, 2.24) is 14.0 Å². The molecule has 0 fully saturated rings. The number of fused-ring (bicyclic) bond motifs is 4.